The van der Waals surface area contributed by atoms with Crippen LogP contribution in [0.25, 0.3) is 0 Å². The van der Waals surface area contributed by atoms with Crippen LogP contribution < -0.4 is 9.62 Å². The smallest absolute Gasteiger partial charge is 0.415 e. The average molecular weight is 360 g/mol. The van der Waals surface area contributed by atoms with Crippen molar-refractivity contribution in [3.8, 4) is 0 Å². The predicted molar refractivity (Wildman–Crippen MR) is 80.9 cm³/mol. The van der Waals surface area contributed by atoms with Crippen molar-refractivity contribution in [2.45, 2.75) is 25.7 Å². The summed E-state index contributed by atoms with van der Waals surface area (Å²) in [4.78, 5) is 27.2. The van der Waals surface area contributed by atoms with Crippen LogP contribution in [0.5, 0.6) is 0 Å². The van der Waals surface area contributed by atoms with Gasteiger partial charge < -0.3 is 4.74 Å². The zero-order chi connectivity index (χ0) is 14.7. The third-order valence-corrected chi connectivity index (χ3v) is 3.72. The van der Waals surface area contributed by atoms with E-state index in [0.717, 1.165) is 9.87 Å². The molecule has 1 N–H and O–H groups in total. The molecule has 0 bridgehead atoms. The van der Waals surface area contributed by atoms with Gasteiger partial charge in [-0.3, -0.25) is 0 Å². The van der Waals surface area contributed by atoms with Crippen LogP contribution in [0.15, 0.2) is 16.7 Å². The summed E-state index contributed by atoms with van der Waals surface area (Å²) in [5, 5.41) is 2.04. The van der Waals surface area contributed by atoms with Crippen molar-refractivity contribution in [2.24, 2.45) is 0 Å². The SMILES string of the molecule is CCOC(=O)NC(=O)N(S)c1ncc(C2CC2)cc1Br. The topological polar surface area (TPSA) is 71.5 Å². The second-order valence-electron chi connectivity index (χ2n) is 4.31. The van der Waals surface area contributed by atoms with E-state index in [2.05, 4.69) is 38.5 Å². The predicted octanol–water partition coefficient (Wildman–Crippen LogP) is 3.24. The first kappa shape index (κ1) is 15.1. The number of pyridine rings is 1. The van der Waals surface area contributed by atoms with Gasteiger partial charge in [0.25, 0.3) is 0 Å². The van der Waals surface area contributed by atoms with Gasteiger partial charge in [-0.05, 0) is 53.2 Å². The number of nitrogens with one attached hydrogen (secondary N) is 1. The maximum atomic E-state index is 11.8. The van der Waals surface area contributed by atoms with E-state index in [0.29, 0.717) is 16.2 Å². The minimum absolute atomic E-state index is 0.184. The highest BCUT2D eigenvalue weighted by Gasteiger charge is 2.26. The first-order valence-electron chi connectivity index (χ1n) is 6.15. The summed E-state index contributed by atoms with van der Waals surface area (Å²) < 4.78 is 6.23. The summed E-state index contributed by atoms with van der Waals surface area (Å²) in [6.07, 6.45) is 3.24. The molecule has 8 heteroatoms. The Kier molecular flexibility index (Phi) is 4.87. The third kappa shape index (κ3) is 3.63. The van der Waals surface area contributed by atoms with Crippen LogP contribution in [0.3, 0.4) is 0 Å². The second kappa shape index (κ2) is 6.45. The standard InChI is InChI=1S/C12H14BrN3O3S/c1-2-19-12(18)15-11(17)16(20)10-9(13)5-8(6-14-10)7-3-4-7/h5-7,20H,2-4H2,1H3,(H,15,17,18). The number of carbonyl (C=O) groups excluding carboxylic acids is 2. The number of halogens is 1. The number of urea groups is 1. The van der Waals surface area contributed by atoms with Crippen molar-refractivity contribution in [1.82, 2.24) is 10.3 Å². The maximum Gasteiger partial charge on any atom is 0.415 e. The lowest BCUT2D eigenvalue weighted by atomic mass is 10.2. The fourth-order valence-electron chi connectivity index (χ4n) is 1.64. The normalized spacial score (nSPS) is 13.8. The number of alkyl carbamates (subject to hydrolysis) is 1. The maximum absolute atomic E-state index is 11.8. The molecule has 1 aromatic rings. The van der Waals surface area contributed by atoms with Crippen LogP contribution in [-0.4, -0.2) is 23.7 Å². The Morgan fingerprint density at radius 1 is 1.60 bits per heavy atom. The van der Waals surface area contributed by atoms with Crippen LogP contribution in [0, 0.1) is 0 Å². The van der Waals surface area contributed by atoms with Gasteiger partial charge in [0.15, 0.2) is 5.82 Å². The van der Waals surface area contributed by atoms with Gasteiger partial charge >= 0.3 is 12.1 Å². The minimum atomic E-state index is -0.817. The number of amides is 3. The number of thiol groups is 1. The van der Waals surface area contributed by atoms with E-state index < -0.39 is 12.1 Å². The molecule has 1 saturated carbocycles. The number of imide groups is 1. The number of aromatic nitrogens is 1. The van der Waals surface area contributed by atoms with Crippen molar-refractivity contribution in [3.63, 3.8) is 0 Å². The molecule has 1 aromatic heterocycles. The number of rotatable bonds is 3. The molecule has 20 heavy (non-hydrogen) atoms. The Balaban J connectivity index is 2.06. The van der Waals surface area contributed by atoms with Crippen molar-refractivity contribution in [3.05, 3.63) is 22.3 Å². The number of nitrogens with zero attached hydrogens (tertiary/aromatic N) is 2. The highest BCUT2D eigenvalue weighted by Crippen LogP contribution is 2.41. The molecule has 0 aliphatic heterocycles. The molecular formula is C12H14BrN3O3S. The lowest BCUT2D eigenvalue weighted by Crippen LogP contribution is -2.39. The van der Waals surface area contributed by atoms with Crippen molar-refractivity contribution in [2.75, 3.05) is 10.9 Å². The van der Waals surface area contributed by atoms with Gasteiger partial charge in [0, 0.05) is 6.20 Å². The molecule has 1 heterocycles. The van der Waals surface area contributed by atoms with E-state index in [1.807, 2.05) is 11.4 Å². The van der Waals surface area contributed by atoms with Crippen molar-refractivity contribution < 1.29 is 14.3 Å². The molecule has 0 spiro atoms. The number of hydrogen-bond donors (Lipinski definition) is 2. The number of ether oxygens (including phenoxy) is 1. The monoisotopic (exact) mass is 359 g/mol. The molecule has 108 valence electrons. The molecule has 0 aromatic carbocycles. The molecule has 0 saturated heterocycles. The molecule has 1 fully saturated rings. The van der Waals surface area contributed by atoms with Gasteiger partial charge in [-0.1, -0.05) is 12.8 Å². The van der Waals surface area contributed by atoms with Gasteiger partial charge in [-0.2, -0.15) is 0 Å². The Hall–Kier alpha value is -1.28. The van der Waals surface area contributed by atoms with E-state index in [1.54, 1.807) is 13.1 Å². The summed E-state index contributed by atoms with van der Waals surface area (Å²) in [5.41, 5.74) is 1.13. The van der Waals surface area contributed by atoms with Crippen molar-refractivity contribution in [1.29, 1.82) is 0 Å². The molecule has 1 aliphatic carbocycles. The van der Waals surface area contributed by atoms with E-state index in [-0.39, 0.29) is 6.61 Å². The lowest BCUT2D eigenvalue weighted by Gasteiger charge is -2.16. The van der Waals surface area contributed by atoms with Crippen LogP contribution in [0.1, 0.15) is 31.2 Å². The van der Waals surface area contributed by atoms with Gasteiger partial charge in [0.1, 0.15) is 0 Å². The molecular weight excluding hydrogens is 346 g/mol. The van der Waals surface area contributed by atoms with Crippen LogP contribution in [-0.2, 0) is 4.74 Å². The average Bonchev–Trinajstić information content (AvgIpc) is 3.22. The summed E-state index contributed by atoms with van der Waals surface area (Å²) in [5.74, 6) is 0.883. The molecule has 3 amide bonds. The van der Waals surface area contributed by atoms with E-state index in [1.165, 1.54) is 12.8 Å². The van der Waals surface area contributed by atoms with E-state index in [4.69, 9.17) is 0 Å². The Bertz CT molecular complexity index is 537. The van der Waals surface area contributed by atoms with Gasteiger partial charge in [0.2, 0.25) is 0 Å². The molecule has 0 unspecified atom stereocenters. The number of hydrogen-bond acceptors (Lipinski definition) is 5. The van der Waals surface area contributed by atoms with Crippen LogP contribution in [0.2, 0.25) is 0 Å². The highest BCUT2D eigenvalue weighted by molar-refractivity contribution is 9.10. The minimum Gasteiger partial charge on any atom is -0.450 e. The fraction of sp³-hybridized carbons (Fsp3) is 0.417. The lowest BCUT2D eigenvalue weighted by molar-refractivity contribution is 0.154. The summed E-state index contributed by atoms with van der Waals surface area (Å²) in [7, 11) is 0. The Labute approximate surface area is 130 Å². The van der Waals surface area contributed by atoms with Crippen molar-refractivity contribution >= 4 is 46.7 Å². The largest absolute Gasteiger partial charge is 0.450 e. The number of anilines is 1. The Morgan fingerprint density at radius 2 is 2.30 bits per heavy atom. The highest BCUT2D eigenvalue weighted by atomic mass is 79.9. The summed E-state index contributed by atoms with van der Waals surface area (Å²) in [6, 6.07) is 1.19. The van der Waals surface area contributed by atoms with Crippen LogP contribution >= 0.6 is 28.7 Å². The Morgan fingerprint density at radius 3 is 2.85 bits per heavy atom. The summed E-state index contributed by atoms with van der Waals surface area (Å²) >= 11 is 7.41. The molecule has 1 aliphatic rings. The quantitative estimate of drug-likeness (QED) is 0.812. The molecule has 6 nitrogen and oxygen atoms in total. The van der Waals surface area contributed by atoms with Gasteiger partial charge in [-0.25, -0.2) is 24.2 Å². The zero-order valence-corrected chi connectivity index (χ0v) is 13.3. The van der Waals surface area contributed by atoms with E-state index in [9.17, 15) is 9.59 Å². The third-order valence-electron chi connectivity index (χ3n) is 2.77. The number of carbonyl (C=O) groups is 2. The van der Waals surface area contributed by atoms with Gasteiger partial charge in [-0.15, -0.1) is 0 Å². The van der Waals surface area contributed by atoms with E-state index >= 15 is 0 Å². The second-order valence-corrected chi connectivity index (χ2v) is 5.57. The van der Waals surface area contributed by atoms with Gasteiger partial charge in [0.05, 0.1) is 11.1 Å². The zero-order valence-electron chi connectivity index (χ0n) is 10.8. The molecule has 0 atom stereocenters. The molecule has 0 radical (unpaired) electrons. The summed E-state index contributed by atoms with van der Waals surface area (Å²) in [6.45, 7) is 1.83. The first-order chi connectivity index (χ1) is 9.52. The van der Waals surface area contributed by atoms with Crippen LogP contribution in [0.4, 0.5) is 15.4 Å². The molecule has 2 rings (SSSR count). The fourth-order valence-corrected chi connectivity index (χ4v) is 2.54. The first-order valence-corrected chi connectivity index (χ1v) is 7.34.